The van der Waals surface area contributed by atoms with E-state index in [4.69, 9.17) is 0 Å². The second-order valence-electron chi connectivity index (χ2n) is 5.01. The highest BCUT2D eigenvalue weighted by atomic mass is 16.4. The fraction of sp³-hybridized carbons (Fsp3) is 0.357. The average molecular weight is 257 g/mol. The van der Waals surface area contributed by atoms with Gasteiger partial charge in [0.05, 0.1) is 22.6 Å². The van der Waals surface area contributed by atoms with Gasteiger partial charge in [0.2, 0.25) is 0 Å². The molecular weight excluding hydrogens is 242 g/mol. The van der Waals surface area contributed by atoms with Crippen LogP contribution >= 0.6 is 0 Å². The highest BCUT2D eigenvalue weighted by Crippen LogP contribution is 2.41. The van der Waals surface area contributed by atoms with Gasteiger partial charge >= 0.3 is 5.97 Å². The number of hydrogen-bond acceptors (Lipinski definition) is 3. The Morgan fingerprint density at radius 2 is 2.16 bits per heavy atom. The summed E-state index contributed by atoms with van der Waals surface area (Å²) in [6.07, 6.45) is 3.97. The Bertz CT molecular complexity index is 657. The van der Waals surface area contributed by atoms with E-state index in [1.807, 2.05) is 20.2 Å². The first-order valence-corrected chi connectivity index (χ1v) is 6.31. The van der Waals surface area contributed by atoms with Crippen molar-refractivity contribution in [3.05, 3.63) is 35.3 Å². The standard InChI is InChI=1S/C14H15N3O2/c1-8-11(7-17(2)16-8)12-6-5-10(14(18)19)13(15-12)9-3-4-9/h5-7,9H,3-4H2,1-2H3,(H,18,19). The Morgan fingerprint density at radius 3 is 2.68 bits per heavy atom. The van der Waals surface area contributed by atoms with Gasteiger partial charge in [0, 0.05) is 24.7 Å². The van der Waals surface area contributed by atoms with E-state index in [1.165, 1.54) is 0 Å². The predicted octanol–water partition coefficient (Wildman–Crippen LogP) is 2.37. The number of rotatable bonds is 3. The van der Waals surface area contributed by atoms with Crippen LogP contribution in [0, 0.1) is 6.92 Å². The third kappa shape index (κ3) is 2.12. The Hall–Kier alpha value is -2.17. The van der Waals surface area contributed by atoms with Crippen LogP contribution in [0.3, 0.4) is 0 Å². The first-order valence-electron chi connectivity index (χ1n) is 6.31. The normalized spacial score (nSPS) is 14.6. The van der Waals surface area contributed by atoms with Crippen molar-refractivity contribution in [1.82, 2.24) is 14.8 Å². The predicted molar refractivity (Wildman–Crippen MR) is 70.1 cm³/mol. The Kier molecular flexibility index (Phi) is 2.62. The summed E-state index contributed by atoms with van der Waals surface area (Å²) in [7, 11) is 1.86. The molecule has 1 aliphatic carbocycles. The van der Waals surface area contributed by atoms with E-state index in [-0.39, 0.29) is 0 Å². The molecule has 0 atom stereocenters. The lowest BCUT2D eigenvalue weighted by atomic mass is 10.1. The van der Waals surface area contributed by atoms with Crippen molar-refractivity contribution in [3.63, 3.8) is 0 Å². The molecule has 98 valence electrons. The monoisotopic (exact) mass is 257 g/mol. The van der Waals surface area contributed by atoms with E-state index in [0.29, 0.717) is 17.2 Å². The maximum Gasteiger partial charge on any atom is 0.337 e. The molecule has 1 N–H and O–H groups in total. The number of aromatic carboxylic acids is 1. The third-order valence-corrected chi connectivity index (χ3v) is 3.41. The highest BCUT2D eigenvalue weighted by Gasteiger charge is 2.30. The van der Waals surface area contributed by atoms with Crippen molar-refractivity contribution in [1.29, 1.82) is 0 Å². The quantitative estimate of drug-likeness (QED) is 0.916. The lowest BCUT2D eigenvalue weighted by molar-refractivity contribution is 0.0695. The van der Waals surface area contributed by atoms with Crippen LogP contribution in [-0.4, -0.2) is 25.8 Å². The maximum absolute atomic E-state index is 11.2. The largest absolute Gasteiger partial charge is 0.478 e. The van der Waals surface area contributed by atoms with E-state index < -0.39 is 5.97 Å². The Labute approximate surface area is 110 Å². The van der Waals surface area contributed by atoms with Crippen LogP contribution in [0.2, 0.25) is 0 Å². The van der Waals surface area contributed by atoms with Crippen molar-refractivity contribution in [2.24, 2.45) is 7.05 Å². The lowest BCUT2D eigenvalue weighted by Gasteiger charge is -2.06. The Morgan fingerprint density at radius 1 is 1.42 bits per heavy atom. The van der Waals surface area contributed by atoms with Gasteiger partial charge in [-0.2, -0.15) is 5.10 Å². The van der Waals surface area contributed by atoms with Gasteiger partial charge in [0.25, 0.3) is 0 Å². The van der Waals surface area contributed by atoms with E-state index in [9.17, 15) is 9.90 Å². The van der Waals surface area contributed by atoms with Gasteiger partial charge in [-0.05, 0) is 31.9 Å². The van der Waals surface area contributed by atoms with E-state index in [0.717, 1.165) is 29.8 Å². The molecule has 1 aliphatic rings. The molecule has 5 nitrogen and oxygen atoms in total. The second-order valence-corrected chi connectivity index (χ2v) is 5.01. The zero-order valence-electron chi connectivity index (χ0n) is 10.9. The second kappa shape index (κ2) is 4.19. The van der Waals surface area contributed by atoms with Gasteiger partial charge in [-0.15, -0.1) is 0 Å². The van der Waals surface area contributed by atoms with E-state index in [2.05, 4.69) is 10.1 Å². The maximum atomic E-state index is 11.2. The molecule has 0 bridgehead atoms. The van der Waals surface area contributed by atoms with Crippen molar-refractivity contribution >= 4 is 5.97 Å². The summed E-state index contributed by atoms with van der Waals surface area (Å²) in [6.45, 7) is 1.93. The highest BCUT2D eigenvalue weighted by molar-refractivity contribution is 5.89. The van der Waals surface area contributed by atoms with Gasteiger partial charge in [-0.3, -0.25) is 9.67 Å². The molecule has 19 heavy (non-hydrogen) atoms. The van der Waals surface area contributed by atoms with Crippen LogP contribution in [0.15, 0.2) is 18.3 Å². The van der Waals surface area contributed by atoms with Crippen LogP contribution in [0.25, 0.3) is 11.3 Å². The molecule has 0 aromatic carbocycles. The van der Waals surface area contributed by atoms with Crippen molar-refractivity contribution in [2.45, 2.75) is 25.7 Å². The van der Waals surface area contributed by atoms with Crippen molar-refractivity contribution < 1.29 is 9.90 Å². The minimum absolute atomic E-state index is 0.308. The Balaban J connectivity index is 2.11. The molecule has 1 saturated carbocycles. The summed E-state index contributed by atoms with van der Waals surface area (Å²) in [6, 6.07) is 3.42. The number of hydrogen-bond donors (Lipinski definition) is 1. The first-order chi connectivity index (χ1) is 9.06. The number of aryl methyl sites for hydroxylation is 2. The van der Waals surface area contributed by atoms with Crippen LogP contribution < -0.4 is 0 Å². The van der Waals surface area contributed by atoms with Gasteiger partial charge in [0.1, 0.15) is 0 Å². The molecule has 1 fully saturated rings. The molecule has 2 heterocycles. The number of pyridine rings is 1. The fourth-order valence-electron chi connectivity index (χ4n) is 2.32. The third-order valence-electron chi connectivity index (χ3n) is 3.41. The molecule has 3 rings (SSSR count). The zero-order chi connectivity index (χ0) is 13.6. The summed E-state index contributed by atoms with van der Waals surface area (Å²) in [5, 5.41) is 13.5. The summed E-state index contributed by atoms with van der Waals surface area (Å²) < 4.78 is 1.74. The molecule has 0 amide bonds. The van der Waals surface area contributed by atoms with Gasteiger partial charge in [0.15, 0.2) is 0 Å². The molecule has 0 saturated heterocycles. The number of carboxylic acid groups (broad SMARTS) is 1. The molecule has 0 radical (unpaired) electrons. The zero-order valence-corrected chi connectivity index (χ0v) is 10.9. The summed E-state index contributed by atoms with van der Waals surface area (Å²) >= 11 is 0. The van der Waals surface area contributed by atoms with Crippen LogP contribution in [0.1, 0.15) is 40.5 Å². The fourth-order valence-corrected chi connectivity index (χ4v) is 2.32. The molecule has 0 aliphatic heterocycles. The van der Waals surface area contributed by atoms with Crippen LogP contribution in [0.4, 0.5) is 0 Å². The van der Waals surface area contributed by atoms with E-state index in [1.54, 1.807) is 16.8 Å². The SMILES string of the molecule is Cc1nn(C)cc1-c1ccc(C(=O)O)c(C2CC2)n1. The van der Waals surface area contributed by atoms with Crippen molar-refractivity contribution in [3.8, 4) is 11.3 Å². The van der Waals surface area contributed by atoms with Crippen LogP contribution in [0.5, 0.6) is 0 Å². The summed E-state index contributed by atoms with van der Waals surface area (Å²) in [5.74, 6) is -0.591. The number of carbonyl (C=O) groups is 1. The topological polar surface area (TPSA) is 68.0 Å². The van der Waals surface area contributed by atoms with Crippen molar-refractivity contribution in [2.75, 3.05) is 0 Å². The van der Waals surface area contributed by atoms with Crippen LogP contribution in [-0.2, 0) is 7.05 Å². The molecule has 2 aromatic heterocycles. The van der Waals surface area contributed by atoms with Gasteiger partial charge in [-0.25, -0.2) is 4.79 Å². The molecule has 0 unspecified atom stereocenters. The summed E-state index contributed by atoms with van der Waals surface area (Å²) in [4.78, 5) is 15.8. The molecular formula is C14H15N3O2. The molecule has 0 spiro atoms. The molecule has 2 aromatic rings. The first kappa shape index (κ1) is 11.9. The number of aromatic nitrogens is 3. The lowest BCUT2D eigenvalue weighted by Crippen LogP contribution is -2.04. The minimum Gasteiger partial charge on any atom is -0.478 e. The molecule has 5 heteroatoms. The number of carboxylic acids is 1. The van der Waals surface area contributed by atoms with Gasteiger partial charge < -0.3 is 5.11 Å². The van der Waals surface area contributed by atoms with Gasteiger partial charge in [-0.1, -0.05) is 0 Å². The minimum atomic E-state index is -0.899. The summed E-state index contributed by atoms with van der Waals surface area (Å²) in [5.41, 5.74) is 3.71. The van der Waals surface area contributed by atoms with E-state index >= 15 is 0 Å². The number of nitrogens with zero attached hydrogens (tertiary/aromatic N) is 3. The average Bonchev–Trinajstić information content (AvgIpc) is 3.14. The smallest absolute Gasteiger partial charge is 0.337 e.